The van der Waals surface area contributed by atoms with E-state index in [1.165, 1.54) is 0 Å². The molecule has 0 atom stereocenters. The lowest BCUT2D eigenvalue weighted by Gasteiger charge is -1.94. The molecule has 2 rings (SSSR count). The highest BCUT2D eigenvalue weighted by Gasteiger charge is 2.15. The van der Waals surface area contributed by atoms with Crippen LogP contribution in [0.5, 0.6) is 0 Å². The number of ketones is 1. The van der Waals surface area contributed by atoms with Crippen LogP contribution in [-0.4, -0.2) is 33.0 Å². The summed E-state index contributed by atoms with van der Waals surface area (Å²) in [6.45, 7) is 0. The maximum Gasteiger partial charge on any atom is 0.284 e. The van der Waals surface area contributed by atoms with Crippen LogP contribution in [0.3, 0.4) is 0 Å². The second-order valence-electron chi connectivity index (χ2n) is 3.67. The normalized spacial score (nSPS) is 10.5. The van der Waals surface area contributed by atoms with Crippen molar-refractivity contribution in [3.63, 3.8) is 0 Å². The van der Waals surface area contributed by atoms with Gasteiger partial charge in [0.1, 0.15) is 0 Å². The SMILES string of the molecule is CSCCCC(=O)c1nnc(-c2cccnc2)o1. The van der Waals surface area contributed by atoms with Crippen molar-refractivity contribution in [1.82, 2.24) is 15.2 Å². The second-order valence-corrected chi connectivity index (χ2v) is 4.66. The fraction of sp³-hybridized carbons (Fsp3) is 0.333. The maximum atomic E-state index is 11.7. The van der Waals surface area contributed by atoms with Crippen molar-refractivity contribution in [1.29, 1.82) is 0 Å². The zero-order valence-corrected chi connectivity index (χ0v) is 10.8. The molecule has 0 saturated carbocycles. The Hall–Kier alpha value is -1.69. The summed E-state index contributed by atoms with van der Waals surface area (Å²) in [5.41, 5.74) is 0.716. The van der Waals surface area contributed by atoms with Crippen molar-refractivity contribution in [2.45, 2.75) is 12.8 Å². The lowest BCUT2D eigenvalue weighted by atomic mass is 10.2. The third-order valence-electron chi connectivity index (χ3n) is 2.32. The average molecular weight is 263 g/mol. The molecule has 0 fully saturated rings. The second kappa shape index (κ2) is 6.30. The molecule has 0 bridgehead atoms. The first-order valence-electron chi connectivity index (χ1n) is 5.57. The van der Waals surface area contributed by atoms with Gasteiger partial charge in [-0.05, 0) is 30.6 Å². The number of Topliss-reactive ketones (excluding diaryl/α,β-unsaturated/α-hetero) is 1. The Labute approximate surface area is 109 Å². The van der Waals surface area contributed by atoms with Gasteiger partial charge < -0.3 is 4.42 Å². The molecule has 0 aliphatic heterocycles. The molecule has 94 valence electrons. The van der Waals surface area contributed by atoms with Crippen LogP contribution in [-0.2, 0) is 0 Å². The molecule has 0 aromatic carbocycles. The first-order chi connectivity index (χ1) is 8.81. The fourth-order valence-corrected chi connectivity index (χ4v) is 1.86. The zero-order chi connectivity index (χ0) is 12.8. The van der Waals surface area contributed by atoms with Gasteiger partial charge in [0.15, 0.2) is 0 Å². The number of thioether (sulfide) groups is 1. The van der Waals surface area contributed by atoms with E-state index in [2.05, 4.69) is 15.2 Å². The fourth-order valence-electron chi connectivity index (χ4n) is 1.43. The number of carbonyl (C=O) groups is 1. The van der Waals surface area contributed by atoms with Gasteiger partial charge >= 0.3 is 0 Å². The topological polar surface area (TPSA) is 68.9 Å². The molecule has 0 spiro atoms. The van der Waals surface area contributed by atoms with Crippen molar-refractivity contribution < 1.29 is 9.21 Å². The molecule has 18 heavy (non-hydrogen) atoms. The van der Waals surface area contributed by atoms with Crippen LogP contribution in [0.25, 0.3) is 11.5 Å². The molecule has 0 radical (unpaired) electrons. The number of pyridine rings is 1. The van der Waals surface area contributed by atoms with E-state index in [0.29, 0.717) is 17.9 Å². The molecule has 0 amide bonds. The molecular formula is C12H13N3O2S. The van der Waals surface area contributed by atoms with Gasteiger partial charge in [-0.3, -0.25) is 9.78 Å². The molecule has 0 saturated heterocycles. The summed E-state index contributed by atoms with van der Waals surface area (Å²) in [7, 11) is 0. The number of nitrogens with zero attached hydrogens (tertiary/aromatic N) is 3. The van der Waals surface area contributed by atoms with Crippen molar-refractivity contribution >= 4 is 17.5 Å². The first kappa shape index (κ1) is 12.8. The number of aromatic nitrogens is 3. The van der Waals surface area contributed by atoms with E-state index in [9.17, 15) is 4.79 Å². The minimum Gasteiger partial charge on any atom is -0.414 e. The Kier molecular flexibility index (Phi) is 4.46. The molecule has 0 aliphatic carbocycles. The van der Waals surface area contributed by atoms with Crippen LogP contribution in [0.2, 0.25) is 0 Å². The first-order valence-corrected chi connectivity index (χ1v) is 6.96. The number of hydrogen-bond acceptors (Lipinski definition) is 6. The van der Waals surface area contributed by atoms with Gasteiger partial charge in [-0.15, -0.1) is 10.2 Å². The third kappa shape index (κ3) is 3.16. The Balaban J connectivity index is 2.04. The molecule has 6 heteroatoms. The number of hydrogen-bond donors (Lipinski definition) is 0. The van der Waals surface area contributed by atoms with Gasteiger partial charge in [0, 0.05) is 18.8 Å². The van der Waals surface area contributed by atoms with Crippen LogP contribution in [0.15, 0.2) is 28.9 Å². The van der Waals surface area contributed by atoms with Crippen molar-refractivity contribution in [2.75, 3.05) is 12.0 Å². The van der Waals surface area contributed by atoms with Crippen LogP contribution in [0.1, 0.15) is 23.5 Å². The van der Waals surface area contributed by atoms with Gasteiger partial charge in [0.25, 0.3) is 5.89 Å². The van der Waals surface area contributed by atoms with E-state index in [4.69, 9.17) is 4.42 Å². The lowest BCUT2D eigenvalue weighted by molar-refractivity contribution is 0.0949. The molecule has 0 N–H and O–H groups in total. The minimum atomic E-state index is -0.105. The highest BCUT2D eigenvalue weighted by molar-refractivity contribution is 7.98. The van der Waals surface area contributed by atoms with Crippen molar-refractivity contribution in [3.8, 4) is 11.5 Å². The van der Waals surface area contributed by atoms with Gasteiger partial charge in [0.2, 0.25) is 11.7 Å². The van der Waals surface area contributed by atoms with E-state index >= 15 is 0 Å². The molecular weight excluding hydrogens is 250 g/mol. The quantitative estimate of drug-likeness (QED) is 0.589. The Morgan fingerprint density at radius 3 is 3.06 bits per heavy atom. The highest BCUT2D eigenvalue weighted by atomic mass is 32.2. The Morgan fingerprint density at radius 1 is 1.44 bits per heavy atom. The van der Waals surface area contributed by atoms with Gasteiger partial charge in [-0.2, -0.15) is 11.8 Å². The Morgan fingerprint density at radius 2 is 2.33 bits per heavy atom. The molecule has 2 heterocycles. The standard InChI is InChI=1S/C12H13N3O2S/c1-18-7-3-5-10(16)12-15-14-11(17-12)9-4-2-6-13-8-9/h2,4,6,8H,3,5,7H2,1H3. The summed E-state index contributed by atoms with van der Waals surface area (Å²) >= 11 is 1.71. The van der Waals surface area contributed by atoms with Gasteiger partial charge in [-0.1, -0.05) is 0 Å². The maximum absolute atomic E-state index is 11.7. The number of carbonyl (C=O) groups excluding carboxylic acids is 1. The van der Waals surface area contributed by atoms with Crippen molar-refractivity contribution in [3.05, 3.63) is 30.4 Å². The van der Waals surface area contributed by atoms with E-state index in [0.717, 1.165) is 12.2 Å². The van der Waals surface area contributed by atoms with E-state index in [1.54, 1.807) is 30.2 Å². The lowest BCUT2D eigenvalue weighted by Crippen LogP contribution is -1.99. The van der Waals surface area contributed by atoms with Gasteiger partial charge in [-0.25, -0.2) is 0 Å². The third-order valence-corrected chi connectivity index (χ3v) is 3.02. The summed E-state index contributed by atoms with van der Waals surface area (Å²) in [4.78, 5) is 15.7. The molecule has 2 aromatic rings. The van der Waals surface area contributed by atoms with Gasteiger partial charge in [0.05, 0.1) is 5.56 Å². The predicted octanol–water partition coefficient (Wildman–Crippen LogP) is 2.46. The van der Waals surface area contributed by atoms with Crippen LogP contribution >= 0.6 is 11.8 Å². The average Bonchev–Trinajstić information content (AvgIpc) is 2.89. The predicted molar refractivity (Wildman–Crippen MR) is 69.5 cm³/mol. The van der Waals surface area contributed by atoms with E-state index in [1.807, 2.05) is 12.3 Å². The van der Waals surface area contributed by atoms with Crippen LogP contribution < -0.4 is 0 Å². The monoisotopic (exact) mass is 263 g/mol. The summed E-state index contributed by atoms with van der Waals surface area (Å²) in [5, 5.41) is 7.62. The largest absolute Gasteiger partial charge is 0.414 e. The molecule has 2 aromatic heterocycles. The van der Waals surface area contributed by atoms with E-state index in [-0.39, 0.29) is 11.7 Å². The highest BCUT2D eigenvalue weighted by Crippen LogP contribution is 2.17. The Bertz CT molecular complexity index is 513. The zero-order valence-electron chi connectivity index (χ0n) is 10.00. The molecule has 5 nitrogen and oxygen atoms in total. The summed E-state index contributed by atoms with van der Waals surface area (Å²) in [6.07, 6.45) is 6.56. The molecule has 0 unspecified atom stereocenters. The molecule has 0 aliphatic rings. The smallest absolute Gasteiger partial charge is 0.284 e. The van der Waals surface area contributed by atoms with Crippen LogP contribution in [0, 0.1) is 0 Å². The summed E-state index contributed by atoms with van der Waals surface area (Å²) in [5.74, 6) is 1.26. The number of rotatable bonds is 6. The summed E-state index contributed by atoms with van der Waals surface area (Å²) < 4.78 is 5.34. The minimum absolute atomic E-state index is 0.0787. The van der Waals surface area contributed by atoms with E-state index < -0.39 is 0 Å². The van der Waals surface area contributed by atoms with Crippen LogP contribution in [0.4, 0.5) is 0 Å². The van der Waals surface area contributed by atoms with Crippen molar-refractivity contribution in [2.24, 2.45) is 0 Å². The summed E-state index contributed by atoms with van der Waals surface area (Å²) in [6, 6.07) is 3.59.